The average Bonchev–Trinajstić information content (AvgIpc) is 3.09. The van der Waals surface area contributed by atoms with Crippen LogP contribution in [-0.4, -0.2) is 56.8 Å². The Kier molecular flexibility index (Phi) is 3.63. The Labute approximate surface area is 141 Å². The molecule has 0 bridgehead atoms. The van der Waals surface area contributed by atoms with Crippen molar-refractivity contribution in [1.82, 2.24) is 20.0 Å². The largest absolute Gasteiger partial charge is 0.393 e. The predicted octanol–water partition coefficient (Wildman–Crippen LogP) is 0.302. The molecule has 4 rings (SSSR count). The minimum absolute atomic E-state index is 0.0244. The van der Waals surface area contributed by atoms with E-state index < -0.39 is 0 Å². The summed E-state index contributed by atoms with van der Waals surface area (Å²) in [5, 5.41) is 16.4. The van der Waals surface area contributed by atoms with Crippen molar-refractivity contribution in [3.63, 3.8) is 0 Å². The predicted molar refractivity (Wildman–Crippen MR) is 86.1 cm³/mol. The highest BCUT2D eigenvalue weighted by atomic mass is 16.3. The Bertz CT molecular complexity index is 659. The van der Waals surface area contributed by atoms with Gasteiger partial charge in [0.05, 0.1) is 17.9 Å². The molecule has 130 valence electrons. The molecule has 1 aromatic heterocycles. The molecule has 1 saturated heterocycles. The topological polar surface area (TPSA) is 87.5 Å². The first-order chi connectivity index (χ1) is 11.4. The molecule has 2 amide bonds. The Morgan fingerprint density at radius 1 is 1.38 bits per heavy atom. The standard InChI is InChI=1S/C17H24N4O3/c1-20-9-12(8-18-20)15(23)19-13-6-17(7-13)2-3-21(10-17)16(24)11-4-14(22)5-11/h8-9,11,13-14,22H,2-7,10H2,1H3,(H,19,23). The van der Waals surface area contributed by atoms with Crippen LogP contribution in [0.4, 0.5) is 0 Å². The number of aliphatic hydroxyl groups is 1. The zero-order chi connectivity index (χ0) is 16.9. The molecular formula is C17H24N4O3. The lowest BCUT2D eigenvalue weighted by atomic mass is 9.65. The summed E-state index contributed by atoms with van der Waals surface area (Å²) in [6.45, 7) is 1.62. The summed E-state index contributed by atoms with van der Waals surface area (Å²) in [6, 6.07) is 0.193. The van der Waals surface area contributed by atoms with Crippen molar-refractivity contribution < 1.29 is 14.7 Å². The molecule has 2 N–H and O–H groups in total. The maximum Gasteiger partial charge on any atom is 0.254 e. The highest BCUT2D eigenvalue weighted by Crippen LogP contribution is 2.49. The summed E-state index contributed by atoms with van der Waals surface area (Å²) in [7, 11) is 1.79. The Morgan fingerprint density at radius 3 is 2.75 bits per heavy atom. The fraction of sp³-hybridized carbons (Fsp3) is 0.706. The fourth-order valence-electron chi connectivity index (χ4n) is 4.40. The number of amides is 2. The first-order valence-electron chi connectivity index (χ1n) is 8.70. The van der Waals surface area contributed by atoms with Crippen LogP contribution in [-0.2, 0) is 11.8 Å². The summed E-state index contributed by atoms with van der Waals surface area (Å²) < 4.78 is 1.62. The van der Waals surface area contributed by atoms with E-state index in [2.05, 4.69) is 10.4 Å². The van der Waals surface area contributed by atoms with E-state index in [1.54, 1.807) is 24.1 Å². The number of aryl methyl sites for hydroxylation is 1. The third-order valence-electron chi connectivity index (χ3n) is 5.87. The van der Waals surface area contributed by atoms with Gasteiger partial charge in [0.2, 0.25) is 5.91 Å². The van der Waals surface area contributed by atoms with Crippen molar-refractivity contribution >= 4 is 11.8 Å². The average molecular weight is 332 g/mol. The minimum Gasteiger partial charge on any atom is -0.393 e. The van der Waals surface area contributed by atoms with Gasteiger partial charge in [-0.25, -0.2) is 0 Å². The van der Waals surface area contributed by atoms with Crippen LogP contribution < -0.4 is 5.32 Å². The second-order valence-electron chi connectivity index (χ2n) is 7.81. The normalized spacial score (nSPS) is 34.8. The number of hydrogen-bond acceptors (Lipinski definition) is 4. The summed E-state index contributed by atoms with van der Waals surface area (Å²) in [4.78, 5) is 26.5. The number of likely N-dealkylation sites (tertiary alicyclic amines) is 1. The molecule has 7 heteroatoms. The molecule has 3 aliphatic rings. The van der Waals surface area contributed by atoms with E-state index in [0.717, 1.165) is 32.4 Å². The van der Waals surface area contributed by atoms with Gasteiger partial charge in [-0.15, -0.1) is 0 Å². The van der Waals surface area contributed by atoms with Crippen LogP contribution in [0.1, 0.15) is 42.5 Å². The lowest BCUT2D eigenvalue weighted by molar-refractivity contribution is -0.142. The van der Waals surface area contributed by atoms with Gasteiger partial charge in [-0.2, -0.15) is 5.10 Å². The Balaban J connectivity index is 1.26. The molecule has 2 aliphatic carbocycles. The third kappa shape index (κ3) is 2.70. The van der Waals surface area contributed by atoms with Crippen LogP contribution in [0.25, 0.3) is 0 Å². The van der Waals surface area contributed by atoms with Crippen molar-refractivity contribution in [2.75, 3.05) is 13.1 Å². The molecule has 0 aromatic carbocycles. The van der Waals surface area contributed by atoms with E-state index in [9.17, 15) is 14.7 Å². The summed E-state index contributed by atoms with van der Waals surface area (Å²) in [5.41, 5.74) is 0.774. The fourth-order valence-corrected chi connectivity index (χ4v) is 4.40. The molecule has 1 aromatic rings. The van der Waals surface area contributed by atoms with Crippen LogP contribution in [0.2, 0.25) is 0 Å². The molecule has 2 heterocycles. The van der Waals surface area contributed by atoms with Crippen LogP contribution in [0.3, 0.4) is 0 Å². The van der Waals surface area contributed by atoms with E-state index in [1.807, 2.05) is 4.90 Å². The van der Waals surface area contributed by atoms with E-state index in [1.165, 1.54) is 0 Å². The summed E-state index contributed by atoms with van der Waals surface area (Å²) in [5.74, 6) is 0.161. The van der Waals surface area contributed by atoms with Gasteiger partial charge in [0, 0.05) is 38.3 Å². The third-order valence-corrected chi connectivity index (χ3v) is 5.87. The molecular weight excluding hydrogens is 308 g/mol. The van der Waals surface area contributed by atoms with Gasteiger partial charge in [-0.05, 0) is 37.5 Å². The number of nitrogens with zero attached hydrogens (tertiary/aromatic N) is 3. The van der Waals surface area contributed by atoms with Gasteiger partial charge < -0.3 is 15.3 Å². The van der Waals surface area contributed by atoms with Crippen LogP contribution in [0.5, 0.6) is 0 Å². The number of hydrogen-bond donors (Lipinski definition) is 2. The molecule has 0 radical (unpaired) electrons. The lowest BCUT2D eigenvalue weighted by Gasteiger charge is -2.45. The molecule has 1 spiro atoms. The van der Waals surface area contributed by atoms with Gasteiger partial charge in [0.1, 0.15) is 0 Å². The molecule has 0 atom stereocenters. The molecule has 2 saturated carbocycles. The monoisotopic (exact) mass is 332 g/mol. The van der Waals surface area contributed by atoms with Crippen LogP contribution >= 0.6 is 0 Å². The van der Waals surface area contributed by atoms with E-state index in [4.69, 9.17) is 0 Å². The van der Waals surface area contributed by atoms with E-state index in [-0.39, 0.29) is 35.3 Å². The van der Waals surface area contributed by atoms with Crippen LogP contribution in [0, 0.1) is 11.3 Å². The summed E-state index contributed by atoms with van der Waals surface area (Å²) in [6.07, 6.45) is 7.14. The van der Waals surface area contributed by atoms with Crippen molar-refractivity contribution in [1.29, 1.82) is 0 Å². The highest BCUT2D eigenvalue weighted by molar-refractivity contribution is 5.94. The van der Waals surface area contributed by atoms with Gasteiger partial charge in [0.15, 0.2) is 0 Å². The van der Waals surface area contributed by atoms with Crippen molar-refractivity contribution in [2.24, 2.45) is 18.4 Å². The smallest absolute Gasteiger partial charge is 0.254 e. The quantitative estimate of drug-likeness (QED) is 0.833. The number of carbonyl (C=O) groups is 2. The molecule has 7 nitrogen and oxygen atoms in total. The van der Waals surface area contributed by atoms with Gasteiger partial charge in [0.25, 0.3) is 5.91 Å². The van der Waals surface area contributed by atoms with Crippen LogP contribution in [0.15, 0.2) is 12.4 Å². The minimum atomic E-state index is -0.286. The highest BCUT2D eigenvalue weighted by Gasteiger charge is 2.51. The van der Waals surface area contributed by atoms with Gasteiger partial charge >= 0.3 is 0 Å². The molecule has 0 unspecified atom stereocenters. The van der Waals surface area contributed by atoms with Gasteiger partial charge in [-0.3, -0.25) is 14.3 Å². The first kappa shape index (κ1) is 15.6. The van der Waals surface area contributed by atoms with E-state index in [0.29, 0.717) is 18.4 Å². The van der Waals surface area contributed by atoms with Gasteiger partial charge in [-0.1, -0.05) is 0 Å². The zero-order valence-electron chi connectivity index (χ0n) is 13.9. The number of rotatable bonds is 3. The number of nitrogens with one attached hydrogen (secondary N) is 1. The summed E-state index contributed by atoms with van der Waals surface area (Å²) >= 11 is 0. The second-order valence-corrected chi connectivity index (χ2v) is 7.81. The number of carbonyl (C=O) groups excluding carboxylic acids is 2. The Morgan fingerprint density at radius 2 is 2.12 bits per heavy atom. The zero-order valence-corrected chi connectivity index (χ0v) is 13.9. The maximum absolute atomic E-state index is 12.4. The lowest BCUT2D eigenvalue weighted by Crippen LogP contribution is -2.52. The van der Waals surface area contributed by atoms with Crippen molar-refractivity contribution in [3.05, 3.63) is 18.0 Å². The number of aromatic nitrogens is 2. The molecule has 1 aliphatic heterocycles. The maximum atomic E-state index is 12.4. The number of aliphatic hydroxyl groups excluding tert-OH is 1. The SMILES string of the molecule is Cn1cc(C(=O)NC2CC3(CCN(C(=O)C4CC(O)C4)C3)C2)cn1. The first-order valence-corrected chi connectivity index (χ1v) is 8.70. The molecule has 3 fully saturated rings. The molecule has 24 heavy (non-hydrogen) atoms. The van der Waals surface area contributed by atoms with E-state index >= 15 is 0 Å². The van der Waals surface area contributed by atoms with Crippen molar-refractivity contribution in [3.8, 4) is 0 Å². The Hall–Kier alpha value is -1.89. The van der Waals surface area contributed by atoms with Crippen molar-refractivity contribution in [2.45, 2.75) is 44.2 Å². The second kappa shape index (κ2) is 5.58.